The summed E-state index contributed by atoms with van der Waals surface area (Å²) in [6, 6.07) is 7.38. The van der Waals surface area contributed by atoms with Gasteiger partial charge in [0.2, 0.25) is 5.91 Å². The molecule has 0 saturated carbocycles. The van der Waals surface area contributed by atoms with Crippen molar-refractivity contribution in [3.8, 4) is 0 Å². The molecular formula is C31H40N4O13. The number of aromatic nitrogens is 2. The van der Waals surface area contributed by atoms with Gasteiger partial charge in [0.15, 0.2) is 18.4 Å². The molecule has 3 rings (SSSR count). The van der Waals surface area contributed by atoms with Crippen molar-refractivity contribution in [2.24, 2.45) is 0 Å². The zero-order chi connectivity index (χ0) is 35.6. The lowest BCUT2D eigenvalue weighted by molar-refractivity contribution is -0.166. The Morgan fingerprint density at radius 1 is 0.896 bits per heavy atom. The van der Waals surface area contributed by atoms with Crippen LogP contribution in [0, 0.1) is 0 Å². The van der Waals surface area contributed by atoms with E-state index in [0.29, 0.717) is 0 Å². The van der Waals surface area contributed by atoms with E-state index >= 15 is 0 Å². The number of nitrogens with one attached hydrogen (secondary N) is 3. The van der Waals surface area contributed by atoms with Crippen molar-refractivity contribution >= 4 is 29.9 Å². The number of hydrogen-bond donors (Lipinski definition) is 3. The van der Waals surface area contributed by atoms with E-state index < -0.39 is 90.0 Å². The Morgan fingerprint density at radius 2 is 1.54 bits per heavy atom. The lowest BCUT2D eigenvalue weighted by Gasteiger charge is -2.30. The molecule has 0 unspecified atom stereocenters. The fourth-order valence-corrected chi connectivity index (χ4v) is 4.69. The lowest BCUT2D eigenvalue weighted by Crippen LogP contribution is -2.58. The summed E-state index contributed by atoms with van der Waals surface area (Å²) in [7, 11) is 0. The summed E-state index contributed by atoms with van der Waals surface area (Å²) in [5, 5.41) is 5.10. The highest BCUT2D eigenvalue weighted by Crippen LogP contribution is 2.35. The monoisotopic (exact) mass is 676 g/mol. The fourth-order valence-electron chi connectivity index (χ4n) is 4.69. The van der Waals surface area contributed by atoms with Crippen molar-refractivity contribution in [3.05, 3.63) is 69.0 Å². The van der Waals surface area contributed by atoms with Crippen LogP contribution in [0.4, 0.5) is 4.79 Å². The minimum absolute atomic E-state index is 0.0947. The largest absolute Gasteiger partial charge is 0.464 e. The van der Waals surface area contributed by atoms with Gasteiger partial charge in [-0.2, -0.15) is 0 Å². The van der Waals surface area contributed by atoms with Gasteiger partial charge in [-0.3, -0.25) is 33.5 Å². The summed E-state index contributed by atoms with van der Waals surface area (Å²) < 4.78 is 34.1. The van der Waals surface area contributed by atoms with Gasteiger partial charge in [0.05, 0.1) is 19.3 Å². The quantitative estimate of drug-likeness (QED) is 0.194. The molecule has 0 spiro atoms. The first-order valence-corrected chi connectivity index (χ1v) is 14.9. The Bertz CT molecular complexity index is 1570. The van der Waals surface area contributed by atoms with Crippen LogP contribution in [-0.2, 0) is 54.2 Å². The average molecular weight is 677 g/mol. The average Bonchev–Trinajstić information content (AvgIpc) is 3.30. The summed E-state index contributed by atoms with van der Waals surface area (Å²) >= 11 is 0. The van der Waals surface area contributed by atoms with E-state index in [2.05, 4.69) is 15.6 Å². The van der Waals surface area contributed by atoms with Crippen LogP contribution in [0.25, 0.3) is 0 Å². The number of esters is 3. The molecule has 1 fully saturated rings. The van der Waals surface area contributed by atoms with Crippen LogP contribution in [0.5, 0.6) is 0 Å². The number of aromatic amines is 1. The molecule has 2 heterocycles. The molecule has 2 aromatic rings. The fraction of sp³-hybridized carbons (Fsp3) is 0.516. The Kier molecular flexibility index (Phi) is 13.0. The number of carbonyl (C=O) groups is 5. The van der Waals surface area contributed by atoms with Crippen molar-refractivity contribution in [2.45, 2.75) is 90.4 Å². The smallest absolute Gasteiger partial charge is 0.408 e. The van der Waals surface area contributed by atoms with Crippen molar-refractivity contribution < 1.29 is 52.4 Å². The van der Waals surface area contributed by atoms with E-state index in [-0.39, 0.29) is 13.2 Å². The Morgan fingerprint density at radius 3 is 2.12 bits per heavy atom. The molecule has 2 amide bonds. The summed E-state index contributed by atoms with van der Waals surface area (Å²) in [6.07, 6.45) is -5.68. The van der Waals surface area contributed by atoms with E-state index in [4.69, 9.17) is 28.4 Å². The Labute approximate surface area is 275 Å². The number of amides is 2. The van der Waals surface area contributed by atoms with E-state index in [1.807, 2.05) is 18.2 Å². The first-order valence-electron chi connectivity index (χ1n) is 14.9. The van der Waals surface area contributed by atoms with Crippen LogP contribution in [-0.4, -0.2) is 88.7 Å². The first-order chi connectivity index (χ1) is 22.5. The SMILES string of the molecule is CC(=O)OC[C@H](NC(=O)[C@H](COCc1ccccc1)NC(=O)OC(C)(C)C)[C@H]1O[C@@H](n2ccc(=O)[nH]c2=O)[C@@H](OC(C)=O)[C@H]1OC(C)=O. The Hall–Kier alpha value is -5.03. The van der Waals surface area contributed by atoms with Crippen LogP contribution in [0.2, 0.25) is 0 Å². The van der Waals surface area contributed by atoms with Gasteiger partial charge in [0, 0.05) is 33.0 Å². The standard InChI is InChI=1S/C31H40N4O13/c1-17(36)44-16-21(32-27(40)22(33-30(42)48-31(4,5)6)15-43-14-20-10-8-7-9-11-20)24-25(45-18(2)37)26(46-19(3)38)28(47-24)35-13-12-23(39)34-29(35)41/h7-13,21-22,24-26,28H,14-16H2,1-6H3,(H,32,40)(H,33,42)(H,34,39,41)/t21-,22-,24+,25-,26-,28+/m0/s1. The van der Waals surface area contributed by atoms with Gasteiger partial charge >= 0.3 is 29.7 Å². The molecule has 1 aromatic carbocycles. The summed E-state index contributed by atoms with van der Waals surface area (Å²) in [5.74, 6) is -3.25. The van der Waals surface area contributed by atoms with Gasteiger partial charge in [-0.1, -0.05) is 30.3 Å². The molecule has 6 atom stereocenters. The maximum absolute atomic E-state index is 13.8. The number of rotatable bonds is 13. The van der Waals surface area contributed by atoms with Crippen molar-refractivity contribution in [2.75, 3.05) is 13.2 Å². The molecule has 3 N–H and O–H groups in total. The van der Waals surface area contributed by atoms with E-state index in [1.54, 1.807) is 32.9 Å². The topological polar surface area (TPSA) is 220 Å². The minimum Gasteiger partial charge on any atom is -0.464 e. The second kappa shape index (κ2) is 16.7. The minimum atomic E-state index is -1.48. The van der Waals surface area contributed by atoms with Crippen molar-refractivity contribution in [1.82, 2.24) is 20.2 Å². The van der Waals surface area contributed by atoms with Crippen molar-refractivity contribution in [3.63, 3.8) is 0 Å². The predicted octanol–water partition coefficient (Wildman–Crippen LogP) is 0.455. The molecule has 1 aliphatic heterocycles. The van der Waals surface area contributed by atoms with Crippen molar-refractivity contribution in [1.29, 1.82) is 0 Å². The summed E-state index contributed by atoms with van der Waals surface area (Å²) in [5.41, 5.74) is -1.76. The van der Waals surface area contributed by atoms with Crippen LogP contribution >= 0.6 is 0 Å². The number of alkyl carbamates (subject to hydrolysis) is 1. The maximum atomic E-state index is 13.8. The molecule has 17 heteroatoms. The molecule has 1 aromatic heterocycles. The molecule has 1 aliphatic rings. The third-order valence-corrected chi connectivity index (χ3v) is 6.55. The van der Waals surface area contributed by atoms with E-state index in [0.717, 1.165) is 43.2 Å². The number of carbonyl (C=O) groups excluding carboxylic acids is 5. The molecule has 0 aliphatic carbocycles. The molecule has 0 radical (unpaired) electrons. The maximum Gasteiger partial charge on any atom is 0.408 e. The molecular weight excluding hydrogens is 636 g/mol. The highest BCUT2D eigenvalue weighted by Gasteiger charge is 2.54. The zero-order valence-electron chi connectivity index (χ0n) is 27.4. The van der Waals surface area contributed by atoms with Gasteiger partial charge in [0.1, 0.15) is 24.4 Å². The highest BCUT2D eigenvalue weighted by molar-refractivity contribution is 5.86. The third kappa shape index (κ3) is 11.3. The highest BCUT2D eigenvalue weighted by atomic mass is 16.6. The molecule has 17 nitrogen and oxygen atoms in total. The van der Waals surface area contributed by atoms with Crippen LogP contribution < -0.4 is 21.9 Å². The van der Waals surface area contributed by atoms with Crippen LogP contribution in [0.3, 0.4) is 0 Å². The van der Waals surface area contributed by atoms with Gasteiger partial charge in [0.25, 0.3) is 5.56 Å². The lowest BCUT2D eigenvalue weighted by atomic mass is 10.0. The zero-order valence-corrected chi connectivity index (χ0v) is 27.4. The number of H-pyrrole nitrogens is 1. The van der Waals surface area contributed by atoms with E-state index in [1.165, 1.54) is 0 Å². The predicted molar refractivity (Wildman–Crippen MR) is 164 cm³/mol. The second-order valence-electron chi connectivity index (χ2n) is 11.8. The van der Waals surface area contributed by atoms with Crippen LogP contribution in [0.1, 0.15) is 53.3 Å². The molecule has 0 bridgehead atoms. The van der Waals surface area contributed by atoms with Gasteiger partial charge < -0.3 is 39.1 Å². The third-order valence-electron chi connectivity index (χ3n) is 6.55. The van der Waals surface area contributed by atoms with Gasteiger partial charge in [-0.05, 0) is 26.3 Å². The first kappa shape index (κ1) is 37.4. The molecule has 48 heavy (non-hydrogen) atoms. The van der Waals surface area contributed by atoms with Gasteiger partial charge in [-0.15, -0.1) is 0 Å². The number of ether oxygens (including phenoxy) is 6. The molecule has 262 valence electrons. The summed E-state index contributed by atoms with van der Waals surface area (Å²) in [6.45, 7) is 7.40. The second-order valence-corrected chi connectivity index (χ2v) is 11.8. The number of hydrogen-bond acceptors (Lipinski definition) is 13. The molecule has 1 saturated heterocycles. The number of nitrogens with zero attached hydrogens (tertiary/aromatic N) is 1. The van der Waals surface area contributed by atoms with E-state index in [9.17, 15) is 33.6 Å². The normalized spacial score (nSPS) is 20.1. The van der Waals surface area contributed by atoms with Gasteiger partial charge in [-0.25, -0.2) is 9.59 Å². The number of benzene rings is 1. The van der Waals surface area contributed by atoms with Crippen LogP contribution in [0.15, 0.2) is 52.2 Å². The Balaban J connectivity index is 1.97. The summed E-state index contributed by atoms with van der Waals surface area (Å²) in [4.78, 5) is 89.3.